The second kappa shape index (κ2) is 8.00. The zero-order chi connectivity index (χ0) is 21.5. The third kappa shape index (κ3) is 3.94. The highest BCUT2D eigenvalue weighted by Crippen LogP contribution is 2.60. The fraction of sp³-hybridized carbons (Fsp3) is 0.609. The van der Waals surface area contributed by atoms with Crippen LogP contribution >= 0.6 is 0 Å². The fourth-order valence-electron chi connectivity index (χ4n) is 5.98. The fourth-order valence-corrected chi connectivity index (χ4v) is 5.98. The summed E-state index contributed by atoms with van der Waals surface area (Å²) >= 11 is 0. The largest absolute Gasteiger partial charge is 0.494 e. The third-order valence-electron chi connectivity index (χ3n) is 7.04. The lowest BCUT2D eigenvalue weighted by atomic mass is 9.49. The van der Waals surface area contributed by atoms with Crippen LogP contribution in [0.2, 0.25) is 0 Å². The van der Waals surface area contributed by atoms with Crippen LogP contribution in [0.15, 0.2) is 18.2 Å². The predicted molar refractivity (Wildman–Crippen MR) is 106 cm³/mol. The van der Waals surface area contributed by atoms with E-state index in [-0.39, 0.29) is 22.6 Å². The molecule has 0 saturated heterocycles. The highest BCUT2D eigenvalue weighted by atomic mass is 19.1. The van der Waals surface area contributed by atoms with Crippen molar-refractivity contribution < 1.29 is 28.2 Å². The zero-order valence-corrected chi connectivity index (χ0v) is 17.4. The molecule has 4 bridgehead atoms. The van der Waals surface area contributed by atoms with Crippen molar-refractivity contribution in [3.8, 4) is 5.75 Å². The van der Waals surface area contributed by atoms with E-state index in [9.17, 15) is 18.8 Å². The van der Waals surface area contributed by atoms with Crippen molar-refractivity contribution in [3.05, 3.63) is 29.6 Å². The molecule has 0 aliphatic heterocycles. The summed E-state index contributed by atoms with van der Waals surface area (Å²) in [4.78, 5) is 37.6. The number of halogens is 1. The first-order valence-electron chi connectivity index (χ1n) is 10.6. The number of methoxy groups -OCH3 is 1. The van der Waals surface area contributed by atoms with Gasteiger partial charge in [0.25, 0.3) is 0 Å². The van der Waals surface area contributed by atoms with E-state index < -0.39 is 30.2 Å². The van der Waals surface area contributed by atoms with Crippen molar-refractivity contribution in [1.29, 1.82) is 0 Å². The summed E-state index contributed by atoms with van der Waals surface area (Å²) in [5.41, 5.74) is -0.258. The molecule has 0 aromatic heterocycles. The molecule has 162 valence electrons. The molecule has 0 spiro atoms. The zero-order valence-electron chi connectivity index (χ0n) is 17.4. The highest BCUT2D eigenvalue weighted by Gasteiger charge is 2.54. The van der Waals surface area contributed by atoms with Crippen LogP contribution in [0.4, 0.5) is 4.39 Å². The second-order valence-electron chi connectivity index (χ2n) is 9.27. The second-order valence-corrected chi connectivity index (χ2v) is 9.27. The Morgan fingerprint density at radius 3 is 2.27 bits per heavy atom. The van der Waals surface area contributed by atoms with Crippen molar-refractivity contribution in [2.24, 2.45) is 23.2 Å². The number of carbonyl (C=O) groups excluding carboxylic acids is 3. The Morgan fingerprint density at radius 2 is 1.73 bits per heavy atom. The molecule has 1 amide bonds. The van der Waals surface area contributed by atoms with Crippen LogP contribution in [0.1, 0.15) is 55.8 Å². The summed E-state index contributed by atoms with van der Waals surface area (Å²) in [6.07, 6.45) is 6.44. The molecule has 4 aliphatic carbocycles. The van der Waals surface area contributed by atoms with Crippen molar-refractivity contribution in [3.63, 3.8) is 0 Å². The molecule has 0 heterocycles. The molecule has 4 aliphatic rings. The number of nitrogens with one attached hydrogen (secondary N) is 1. The van der Waals surface area contributed by atoms with E-state index in [0.29, 0.717) is 17.8 Å². The van der Waals surface area contributed by atoms with Gasteiger partial charge in [0.05, 0.1) is 7.11 Å². The van der Waals surface area contributed by atoms with Gasteiger partial charge in [-0.2, -0.15) is 0 Å². The minimum Gasteiger partial charge on any atom is -0.494 e. The highest BCUT2D eigenvalue weighted by molar-refractivity contribution is 5.98. The minimum atomic E-state index is -0.842. The molecular formula is C23H28FNO5. The van der Waals surface area contributed by atoms with Crippen molar-refractivity contribution in [1.82, 2.24) is 5.32 Å². The van der Waals surface area contributed by atoms with Crippen molar-refractivity contribution in [2.75, 3.05) is 13.7 Å². The number of benzene rings is 1. The number of Topliss-reactive ketones (excluding diaryl/α,β-unsaturated/α-hetero) is 1. The summed E-state index contributed by atoms with van der Waals surface area (Å²) in [6, 6.07) is 2.97. The molecule has 1 atom stereocenters. The standard InChI is InChI=1S/C23H28FNO5/c1-13(21(27)30-12-19(26)17-3-4-20(29-2)18(24)8-17)25-22(28)23-9-14-5-15(10-23)7-16(6-14)11-23/h3-4,8,13-16H,5-7,9-12H2,1-2H3,(H,25,28)/t13-,14?,15?,16?,23?/m0/s1. The summed E-state index contributed by atoms with van der Waals surface area (Å²) < 4.78 is 23.7. The van der Waals surface area contributed by atoms with Gasteiger partial charge in [-0.05, 0) is 81.4 Å². The Balaban J connectivity index is 1.30. The van der Waals surface area contributed by atoms with E-state index in [1.54, 1.807) is 6.92 Å². The third-order valence-corrected chi connectivity index (χ3v) is 7.04. The van der Waals surface area contributed by atoms with Crippen molar-refractivity contribution >= 4 is 17.7 Å². The van der Waals surface area contributed by atoms with Crippen LogP contribution < -0.4 is 10.1 Å². The van der Waals surface area contributed by atoms with Crippen LogP contribution in [0.25, 0.3) is 0 Å². The molecule has 4 fully saturated rings. The van der Waals surface area contributed by atoms with E-state index in [1.807, 2.05) is 0 Å². The normalized spacial score (nSPS) is 29.9. The van der Waals surface area contributed by atoms with E-state index in [4.69, 9.17) is 9.47 Å². The van der Waals surface area contributed by atoms with Gasteiger partial charge in [-0.15, -0.1) is 0 Å². The van der Waals surface area contributed by atoms with E-state index in [0.717, 1.165) is 25.3 Å². The lowest BCUT2D eigenvalue weighted by Gasteiger charge is -2.55. The summed E-state index contributed by atoms with van der Waals surface area (Å²) in [6.45, 7) is 1.06. The topological polar surface area (TPSA) is 81.7 Å². The molecule has 6 nitrogen and oxygen atoms in total. The molecular weight excluding hydrogens is 389 g/mol. The summed E-state index contributed by atoms with van der Waals surface area (Å²) in [5.74, 6) is 0.00952. The number of hydrogen-bond donors (Lipinski definition) is 1. The number of amides is 1. The van der Waals surface area contributed by atoms with Crippen LogP contribution in [0.3, 0.4) is 0 Å². The Morgan fingerprint density at radius 1 is 1.13 bits per heavy atom. The predicted octanol–water partition coefficient (Wildman–Crippen LogP) is 3.28. The molecule has 30 heavy (non-hydrogen) atoms. The number of ketones is 1. The number of ether oxygens (including phenoxy) is 2. The number of esters is 1. The van der Waals surface area contributed by atoms with E-state index in [1.165, 1.54) is 38.5 Å². The molecule has 5 rings (SSSR count). The van der Waals surface area contributed by atoms with Gasteiger partial charge in [0.1, 0.15) is 6.04 Å². The summed E-state index contributed by atoms with van der Waals surface area (Å²) in [7, 11) is 1.33. The van der Waals surface area contributed by atoms with Crippen LogP contribution in [-0.4, -0.2) is 37.4 Å². The molecule has 1 aromatic rings. The quantitative estimate of drug-likeness (QED) is 0.544. The average molecular weight is 417 g/mol. The number of hydrogen-bond acceptors (Lipinski definition) is 5. The number of rotatable bonds is 7. The monoisotopic (exact) mass is 417 g/mol. The molecule has 1 aromatic carbocycles. The smallest absolute Gasteiger partial charge is 0.328 e. The minimum absolute atomic E-state index is 0.0320. The van der Waals surface area contributed by atoms with Gasteiger partial charge in [-0.1, -0.05) is 0 Å². The summed E-state index contributed by atoms with van der Waals surface area (Å²) in [5, 5.41) is 2.82. The molecule has 0 radical (unpaired) electrons. The van der Waals surface area contributed by atoms with Gasteiger partial charge >= 0.3 is 5.97 Å². The SMILES string of the molecule is COc1ccc(C(=O)COC(=O)[C@H](C)NC(=O)C23CC4CC(CC(C4)C2)C3)cc1F. The first-order chi connectivity index (χ1) is 14.3. The molecule has 0 unspecified atom stereocenters. The lowest BCUT2D eigenvalue weighted by molar-refractivity contribution is -0.153. The maximum atomic E-state index is 13.8. The first kappa shape index (κ1) is 20.8. The maximum absolute atomic E-state index is 13.8. The van der Waals surface area contributed by atoms with Gasteiger partial charge in [-0.25, -0.2) is 9.18 Å². The van der Waals surface area contributed by atoms with Gasteiger partial charge in [0.2, 0.25) is 5.91 Å². The van der Waals surface area contributed by atoms with Gasteiger partial charge in [-0.3, -0.25) is 9.59 Å². The van der Waals surface area contributed by atoms with Gasteiger partial charge in [0, 0.05) is 11.0 Å². The Hall–Kier alpha value is -2.44. The van der Waals surface area contributed by atoms with Gasteiger partial charge < -0.3 is 14.8 Å². The van der Waals surface area contributed by atoms with Crippen molar-refractivity contribution in [2.45, 2.75) is 51.5 Å². The number of carbonyl (C=O) groups is 3. The average Bonchev–Trinajstić information content (AvgIpc) is 2.70. The van der Waals surface area contributed by atoms with Crippen LogP contribution in [0, 0.1) is 29.0 Å². The molecule has 7 heteroatoms. The maximum Gasteiger partial charge on any atom is 0.328 e. The van der Waals surface area contributed by atoms with Crippen LogP contribution in [-0.2, 0) is 14.3 Å². The molecule has 1 N–H and O–H groups in total. The van der Waals surface area contributed by atoms with Crippen LogP contribution in [0.5, 0.6) is 5.75 Å². The Kier molecular flexibility index (Phi) is 5.55. The Labute approximate surface area is 175 Å². The van der Waals surface area contributed by atoms with Gasteiger partial charge in [0.15, 0.2) is 24.0 Å². The van der Waals surface area contributed by atoms with E-state index >= 15 is 0 Å². The lowest BCUT2D eigenvalue weighted by Crippen LogP contribution is -2.56. The molecule has 4 saturated carbocycles. The first-order valence-corrected chi connectivity index (χ1v) is 10.6. The Bertz CT molecular complexity index is 832. The van der Waals surface area contributed by atoms with E-state index in [2.05, 4.69) is 5.32 Å².